The van der Waals surface area contributed by atoms with Crippen molar-refractivity contribution in [1.29, 1.82) is 0 Å². The molecule has 0 N–H and O–H groups in total. The number of rotatable bonds is 4. The van der Waals surface area contributed by atoms with Crippen LogP contribution < -0.4 is 0 Å². The summed E-state index contributed by atoms with van der Waals surface area (Å²) in [7, 11) is -3.29. The van der Waals surface area contributed by atoms with Gasteiger partial charge in [0.05, 0.1) is 5.75 Å². The van der Waals surface area contributed by atoms with Crippen LogP contribution in [0.4, 0.5) is 0 Å². The van der Waals surface area contributed by atoms with Gasteiger partial charge in [-0.15, -0.1) is 0 Å². The van der Waals surface area contributed by atoms with E-state index >= 15 is 0 Å². The minimum atomic E-state index is -3.29. The third-order valence-corrected chi connectivity index (χ3v) is 3.99. The SMILES string of the molecule is Cc1noc(CS(=O)(=O)Cc2ccccc2C)n1. The summed E-state index contributed by atoms with van der Waals surface area (Å²) in [4.78, 5) is 3.90. The zero-order valence-electron chi connectivity index (χ0n) is 10.3. The van der Waals surface area contributed by atoms with Crippen molar-refractivity contribution >= 4 is 9.84 Å². The normalized spacial score (nSPS) is 11.7. The van der Waals surface area contributed by atoms with Gasteiger partial charge in [0.25, 0.3) is 0 Å². The van der Waals surface area contributed by atoms with E-state index < -0.39 is 9.84 Å². The Morgan fingerprint density at radius 2 is 1.89 bits per heavy atom. The molecule has 2 rings (SSSR count). The highest BCUT2D eigenvalue weighted by molar-refractivity contribution is 7.89. The third-order valence-electron chi connectivity index (χ3n) is 2.55. The molecule has 1 aromatic carbocycles. The summed E-state index contributed by atoms with van der Waals surface area (Å²) < 4.78 is 28.8. The van der Waals surface area contributed by atoms with Gasteiger partial charge in [0.2, 0.25) is 5.89 Å². The monoisotopic (exact) mass is 266 g/mol. The van der Waals surface area contributed by atoms with Gasteiger partial charge in [0, 0.05) is 0 Å². The molecule has 0 unspecified atom stereocenters. The van der Waals surface area contributed by atoms with E-state index in [2.05, 4.69) is 10.1 Å². The summed E-state index contributed by atoms with van der Waals surface area (Å²) in [6.07, 6.45) is 0. The second-order valence-electron chi connectivity index (χ2n) is 4.19. The van der Waals surface area contributed by atoms with Crippen molar-refractivity contribution in [2.75, 3.05) is 0 Å². The summed E-state index contributed by atoms with van der Waals surface area (Å²) in [6, 6.07) is 7.41. The van der Waals surface area contributed by atoms with Crippen LogP contribution in [0.5, 0.6) is 0 Å². The van der Waals surface area contributed by atoms with Crippen molar-refractivity contribution in [1.82, 2.24) is 10.1 Å². The molecule has 0 fully saturated rings. The van der Waals surface area contributed by atoms with Gasteiger partial charge in [-0.25, -0.2) is 8.42 Å². The molecule has 0 radical (unpaired) electrons. The lowest BCUT2D eigenvalue weighted by molar-refractivity contribution is 0.384. The fourth-order valence-electron chi connectivity index (χ4n) is 1.65. The molecule has 1 heterocycles. The first-order valence-corrected chi connectivity index (χ1v) is 7.32. The molecule has 1 aromatic heterocycles. The van der Waals surface area contributed by atoms with Crippen LogP contribution in [0, 0.1) is 13.8 Å². The van der Waals surface area contributed by atoms with E-state index in [4.69, 9.17) is 4.52 Å². The molecule has 96 valence electrons. The minimum Gasteiger partial charge on any atom is -0.338 e. The maximum atomic E-state index is 12.0. The van der Waals surface area contributed by atoms with Gasteiger partial charge in [0.1, 0.15) is 5.75 Å². The van der Waals surface area contributed by atoms with Gasteiger partial charge >= 0.3 is 0 Å². The van der Waals surface area contributed by atoms with E-state index in [1.807, 2.05) is 31.2 Å². The summed E-state index contributed by atoms with van der Waals surface area (Å²) in [6.45, 7) is 3.54. The summed E-state index contributed by atoms with van der Waals surface area (Å²) >= 11 is 0. The van der Waals surface area contributed by atoms with Crippen LogP contribution >= 0.6 is 0 Å². The van der Waals surface area contributed by atoms with Crippen LogP contribution in [-0.2, 0) is 21.3 Å². The van der Waals surface area contributed by atoms with E-state index in [0.29, 0.717) is 5.82 Å². The van der Waals surface area contributed by atoms with Crippen molar-refractivity contribution < 1.29 is 12.9 Å². The minimum absolute atomic E-state index is 0.0128. The number of nitrogens with zero attached hydrogens (tertiary/aromatic N) is 2. The van der Waals surface area contributed by atoms with Gasteiger partial charge in [-0.2, -0.15) is 4.98 Å². The van der Waals surface area contributed by atoms with Gasteiger partial charge in [-0.1, -0.05) is 29.4 Å². The first kappa shape index (κ1) is 12.8. The molecule has 0 saturated heterocycles. The van der Waals surface area contributed by atoms with Crippen molar-refractivity contribution in [2.45, 2.75) is 25.4 Å². The lowest BCUT2D eigenvalue weighted by Gasteiger charge is -2.05. The van der Waals surface area contributed by atoms with Crippen LogP contribution in [0.25, 0.3) is 0 Å². The Morgan fingerprint density at radius 1 is 1.17 bits per heavy atom. The molecule has 0 atom stereocenters. The Morgan fingerprint density at radius 3 is 2.50 bits per heavy atom. The average molecular weight is 266 g/mol. The Kier molecular flexibility index (Phi) is 3.47. The standard InChI is InChI=1S/C12H14N2O3S/c1-9-5-3-4-6-11(9)7-18(15,16)8-12-13-10(2)14-17-12/h3-6H,7-8H2,1-2H3. The summed E-state index contributed by atoms with van der Waals surface area (Å²) in [5.74, 6) is 0.348. The maximum Gasteiger partial charge on any atom is 0.241 e. The molecule has 0 aliphatic rings. The molecule has 0 bridgehead atoms. The van der Waals surface area contributed by atoms with Crippen LogP contribution in [0.2, 0.25) is 0 Å². The van der Waals surface area contributed by atoms with Crippen molar-refractivity contribution in [2.24, 2.45) is 0 Å². The number of sulfone groups is 1. The Hall–Kier alpha value is -1.69. The molecule has 2 aromatic rings. The topological polar surface area (TPSA) is 73.1 Å². The van der Waals surface area contributed by atoms with E-state index in [1.165, 1.54) is 0 Å². The van der Waals surface area contributed by atoms with Crippen LogP contribution in [0.15, 0.2) is 28.8 Å². The van der Waals surface area contributed by atoms with E-state index in [9.17, 15) is 8.42 Å². The number of aryl methyl sites for hydroxylation is 2. The number of aromatic nitrogens is 2. The lowest BCUT2D eigenvalue weighted by atomic mass is 10.1. The van der Waals surface area contributed by atoms with E-state index in [-0.39, 0.29) is 17.4 Å². The van der Waals surface area contributed by atoms with Crippen molar-refractivity contribution in [3.63, 3.8) is 0 Å². The summed E-state index contributed by atoms with van der Waals surface area (Å²) in [5, 5.41) is 3.57. The van der Waals surface area contributed by atoms with Crippen LogP contribution in [0.1, 0.15) is 22.8 Å². The molecule has 5 nitrogen and oxygen atoms in total. The molecule has 0 amide bonds. The second-order valence-corrected chi connectivity index (χ2v) is 6.26. The van der Waals surface area contributed by atoms with Crippen LogP contribution in [-0.4, -0.2) is 18.6 Å². The van der Waals surface area contributed by atoms with Crippen molar-refractivity contribution in [3.05, 3.63) is 47.1 Å². The maximum absolute atomic E-state index is 12.0. The number of hydrogen-bond acceptors (Lipinski definition) is 5. The Balaban J connectivity index is 2.15. The quantitative estimate of drug-likeness (QED) is 0.843. The Bertz CT molecular complexity index is 647. The predicted octanol–water partition coefficient (Wildman–Crippen LogP) is 1.80. The van der Waals surface area contributed by atoms with Gasteiger partial charge in [-0.3, -0.25) is 0 Å². The average Bonchev–Trinajstić information content (AvgIpc) is 2.66. The fraction of sp³-hybridized carbons (Fsp3) is 0.333. The zero-order valence-corrected chi connectivity index (χ0v) is 11.1. The molecule has 0 aliphatic carbocycles. The second kappa shape index (κ2) is 4.89. The highest BCUT2D eigenvalue weighted by Gasteiger charge is 2.18. The fourth-order valence-corrected chi connectivity index (χ4v) is 3.04. The first-order valence-electron chi connectivity index (χ1n) is 5.50. The van der Waals surface area contributed by atoms with Gasteiger partial charge in [-0.05, 0) is 25.0 Å². The summed E-state index contributed by atoms with van der Waals surface area (Å²) in [5.41, 5.74) is 1.76. The third kappa shape index (κ3) is 3.16. The molecule has 6 heteroatoms. The van der Waals surface area contributed by atoms with E-state index in [1.54, 1.807) is 6.92 Å². The predicted molar refractivity (Wildman–Crippen MR) is 66.5 cm³/mol. The highest BCUT2D eigenvalue weighted by Crippen LogP contribution is 2.14. The molecular formula is C12H14N2O3S. The molecule has 0 saturated carbocycles. The lowest BCUT2D eigenvalue weighted by Crippen LogP contribution is -2.08. The van der Waals surface area contributed by atoms with Gasteiger partial charge in [0.15, 0.2) is 15.7 Å². The molecule has 18 heavy (non-hydrogen) atoms. The van der Waals surface area contributed by atoms with Gasteiger partial charge < -0.3 is 4.52 Å². The molecular weight excluding hydrogens is 252 g/mol. The number of hydrogen-bond donors (Lipinski definition) is 0. The van der Waals surface area contributed by atoms with E-state index in [0.717, 1.165) is 11.1 Å². The first-order chi connectivity index (χ1) is 8.46. The highest BCUT2D eigenvalue weighted by atomic mass is 32.2. The zero-order chi connectivity index (χ0) is 13.2. The molecule has 0 aliphatic heterocycles. The Labute approximate surface area is 106 Å². The largest absolute Gasteiger partial charge is 0.338 e. The number of benzene rings is 1. The smallest absolute Gasteiger partial charge is 0.241 e. The van der Waals surface area contributed by atoms with Crippen molar-refractivity contribution in [3.8, 4) is 0 Å². The molecule has 0 spiro atoms. The van der Waals surface area contributed by atoms with Crippen LogP contribution in [0.3, 0.4) is 0 Å².